The summed E-state index contributed by atoms with van der Waals surface area (Å²) in [5, 5.41) is 12.3. The number of aromatic carboxylic acids is 1. The number of nitrogens with zero attached hydrogens (tertiary/aromatic N) is 2. The predicted octanol–water partition coefficient (Wildman–Crippen LogP) is 1.10. The van der Waals surface area contributed by atoms with Gasteiger partial charge in [0, 0.05) is 12.6 Å². The zero-order valence-electron chi connectivity index (χ0n) is 7.85. The Kier molecular flexibility index (Phi) is 3.29. The molecule has 0 saturated heterocycles. The van der Waals surface area contributed by atoms with Crippen LogP contribution in [0.25, 0.3) is 0 Å². The van der Waals surface area contributed by atoms with Gasteiger partial charge in [0.1, 0.15) is 5.69 Å². The largest absolute Gasteiger partial charge is 0.476 e. The Bertz CT molecular complexity index is 373. The SMILES string of the molecule is CCn1nc(C(=O)O)cc1C(=O)SC. The van der Waals surface area contributed by atoms with Gasteiger partial charge in [0.15, 0.2) is 5.69 Å². The molecule has 1 aromatic rings. The molecule has 0 aliphatic carbocycles. The molecule has 0 aromatic carbocycles. The van der Waals surface area contributed by atoms with Gasteiger partial charge in [-0.15, -0.1) is 0 Å². The lowest BCUT2D eigenvalue weighted by Gasteiger charge is -1.99. The second kappa shape index (κ2) is 4.28. The first kappa shape index (κ1) is 10.8. The number of carboxylic acid groups (broad SMARTS) is 1. The zero-order chi connectivity index (χ0) is 10.7. The van der Waals surface area contributed by atoms with Crippen LogP contribution >= 0.6 is 11.8 Å². The summed E-state index contributed by atoms with van der Waals surface area (Å²) in [5.74, 6) is -1.12. The maximum Gasteiger partial charge on any atom is 0.356 e. The van der Waals surface area contributed by atoms with Gasteiger partial charge >= 0.3 is 5.97 Å². The first-order valence-electron chi connectivity index (χ1n) is 3.99. The number of carboxylic acids is 1. The number of carbonyl (C=O) groups excluding carboxylic acids is 1. The van der Waals surface area contributed by atoms with Crippen LogP contribution < -0.4 is 0 Å². The van der Waals surface area contributed by atoms with Crippen molar-refractivity contribution in [1.82, 2.24) is 9.78 Å². The average Bonchev–Trinajstić information content (AvgIpc) is 2.60. The number of thioether (sulfide) groups is 1. The quantitative estimate of drug-likeness (QED) is 0.815. The van der Waals surface area contributed by atoms with Crippen LogP contribution in [0, 0.1) is 0 Å². The maximum atomic E-state index is 11.3. The molecule has 0 bridgehead atoms. The zero-order valence-corrected chi connectivity index (χ0v) is 8.67. The van der Waals surface area contributed by atoms with Crippen molar-refractivity contribution in [2.45, 2.75) is 13.5 Å². The lowest BCUT2D eigenvalue weighted by Crippen LogP contribution is -2.06. The molecule has 0 fully saturated rings. The molecule has 0 spiro atoms. The van der Waals surface area contributed by atoms with Gasteiger partial charge in [0.2, 0.25) is 5.12 Å². The van der Waals surface area contributed by atoms with Gasteiger partial charge < -0.3 is 5.11 Å². The molecule has 6 heteroatoms. The Morgan fingerprint density at radius 3 is 2.71 bits per heavy atom. The van der Waals surface area contributed by atoms with Crippen molar-refractivity contribution < 1.29 is 14.7 Å². The Labute approximate surface area is 85.1 Å². The topological polar surface area (TPSA) is 72.2 Å². The second-order valence-electron chi connectivity index (χ2n) is 2.53. The molecule has 5 nitrogen and oxygen atoms in total. The van der Waals surface area contributed by atoms with E-state index in [1.807, 2.05) is 0 Å². The summed E-state index contributed by atoms with van der Waals surface area (Å²) in [6, 6.07) is 1.30. The molecule has 0 aliphatic heterocycles. The van der Waals surface area contributed by atoms with E-state index < -0.39 is 5.97 Å². The Morgan fingerprint density at radius 1 is 1.64 bits per heavy atom. The van der Waals surface area contributed by atoms with E-state index in [9.17, 15) is 9.59 Å². The monoisotopic (exact) mass is 214 g/mol. The molecule has 0 unspecified atom stereocenters. The van der Waals surface area contributed by atoms with Gasteiger partial charge in [-0.2, -0.15) is 5.10 Å². The van der Waals surface area contributed by atoms with Crippen LogP contribution in [0.5, 0.6) is 0 Å². The summed E-state index contributed by atoms with van der Waals surface area (Å²) in [6.45, 7) is 2.28. The number of carbonyl (C=O) groups is 2. The number of aromatic nitrogens is 2. The molecule has 1 aromatic heterocycles. The highest BCUT2D eigenvalue weighted by molar-refractivity contribution is 8.13. The van der Waals surface area contributed by atoms with Gasteiger partial charge in [0.05, 0.1) is 0 Å². The normalized spacial score (nSPS) is 10.1. The smallest absolute Gasteiger partial charge is 0.356 e. The van der Waals surface area contributed by atoms with E-state index in [4.69, 9.17) is 5.11 Å². The van der Waals surface area contributed by atoms with Gasteiger partial charge in [-0.05, 0) is 13.2 Å². The molecular formula is C8H10N2O3S. The fourth-order valence-electron chi connectivity index (χ4n) is 1.03. The van der Waals surface area contributed by atoms with Crippen LogP contribution in [0.3, 0.4) is 0 Å². The molecule has 1 N–H and O–H groups in total. The third kappa shape index (κ3) is 1.95. The van der Waals surface area contributed by atoms with Crippen molar-refractivity contribution in [2.24, 2.45) is 0 Å². The highest BCUT2D eigenvalue weighted by atomic mass is 32.2. The molecule has 0 aliphatic rings. The molecule has 1 heterocycles. The van der Waals surface area contributed by atoms with Crippen LogP contribution in [0.4, 0.5) is 0 Å². The molecule has 0 atom stereocenters. The molecule has 0 amide bonds. The van der Waals surface area contributed by atoms with Crippen molar-refractivity contribution in [1.29, 1.82) is 0 Å². The van der Waals surface area contributed by atoms with E-state index in [2.05, 4.69) is 5.10 Å². The Balaban J connectivity index is 3.15. The summed E-state index contributed by atoms with van der Waals surface area (Å²) in [4.78, 5) is 21.9. The van der Waals surface area contributed by atoms with Crippen LogP contribution in [0.15, 0.2) is 6.07 Å². The number of hydrogen-bond donors (Lipinski definition) is 1. The van der Waals surface area contributed by atoms with Gasteiger partial charge in [-0.3, -0.25) is 9.48 Å². The van der Waals surface area contributed by atoms with E-state index >= 15 is 0 Å². The van der Waals surface area contributed by atoms with E-state index in [-0.39, 0.29) is 10.8 Å². The summed E-state index contributed by atoms with van der Waals surface area (Å²) in [7, 11) is 0. The number of aryl methyl sites for hydroxylation is 1. The highest BCUT2D eigenvalue weighted by Crippen LogP contribution is 2.11. The van der Waals surface area contributed by atoms with Gasteiger partial charge in [-0.1, -0.05) is 11.8 Å². The van der Waals surface area contributed by atoms with Crippen molar-refractivity contribution >= 4 is 22.8 Å². The lowest BCUT2D eigenvalue weighted by molar-refractivity contribution is 0.0689. The van der Waals surface area contributed by atoms with E-state index in [0.29, 0.717) is 12.2 Å². The first-order chi connectivity index (χ1) is 6.60. The molecule has 0 radical (unpaired) electrons. The minimum atomic E-state index is -1.12. The van der Waals surface area contributed by atoms with Crippen molar-refractivity contribution in [3.63, 3.8) is 0 Å². The number of hydrogen-bond acceptors (Lipinski definition) is 4. The molecule has 0 saturated carbocycles. The first-order valence-corrected chi connectivity index (χ1v) is 5.22. The summed E-state index contributed by atoms with van der Waals surface area (Å²) < 4.78 is 1.39. The van der Waals surface area contributed by atoms with Crippen LogP contribution in [0.2, 0.25) is 0 Å². The predicted molar refractivity (Wildman–Crippen MR) is 52.7 cm³/mol. The van der Waals surface area contributed by atoms with E-state index in [1.165, 1.54) is 10.7 Å². The highest BCUT2D eigenvalue weighted by Gasteiger charge is 2.16. The van der Waals surface area contributed by atoms with Crippen molar-refractivity contribution in [2.75, 3.05) is 6.26 Å². The fraction of sp³-hybridized carbons (Fsp3) is 0.375. The Morgan fingerprint density at radius 2 is 2.29 bits per heavy atom. The number of rotatable bonds is 3. The lowest BCUT2D eigenvalue weighted by atomic mass is 10.4. The van der Waals surface area contributed by atoms with Crippen molar-refractivity contribution in [3.05, 3.63) is 17.5 Å². The fourth-order valence-corrected chi connectivity index (χ4v) is 1.40. The van der Waals surface area contributed by atoms with Gasteiger partial charge in [-0.25, -0.2) is 4.79 Å². The van der Waals surface area contributed by atoms with Crippen LogP contribution in [-0.2, 0) is 6.54 Å². The van der Waals surface area contributed by atoms with Gasteiger partial charge in [0.25, 0.3) is 0 Å². The second-order valence-corrected chi connectivity index (χ2v) is 3.31. The molecule has 76 valence electrons. The average molecular weight is 214 g/mol. The molecule has 1 rings (SSSR count). The molecule has 14 heavy (non-hydrogen) atoms. The maximum absolute atomic E-state index is 11.3. The third-order valence-electron chi connectivity index (χ3n) is 1.69. The van der Waals surface area contributed by atoms with Crippen LogP contribution in [0.1, 0.15) is 27.9 Å². The Hall–Kier alpha value is -1.30. The minimum Gasteiger partial charge on any atom is -0.476 e. The van der Waals surface area contributed by atoms with Crippen LogP contribution in [-0.4, -0.2) is 32.2 Å². The summed E-state index contributed by atoms with van der Waals surface area (Å²) in [5.41, 5.74) is 0.238. The summed E-state index contributed by atoms with van der Waals surface area (Å²) in [6.07, 6.45) is 1.65. The third-order valence-corrected chi connectivity index (χ3v) is 2.27. The molecular weight excluding hydrogens is 204 g/mol. The van der Waals surface area contributed by atoms with E-state index in [0.717, 1.165) is 11.8 Å². The standard InChI is InChI=1S/C8H10N2O3S/c1-3-10-6(8(13)14-2)4-5(9-10)7(11)12/h4H,3H2,1-2H3,(H,11,12). The summed E-state index contributed by atoms with van der Waals surface area (Å²) >= 11 is 1.04. The van der Waals surface area contributed by atoms with E-state index in [1.54, 1.807) is 13.2 Å². The minimum absolute atomic E-state index is 0.0933. The van der Waals surface area contributed by atoms with Crippen molar-refractivity contribution in [3.8, 4) is 0 Å².